The van der Waals surface area contributed by atoms with Crippen LogP contribution in [0.3, 0.4) is 0 Å². The minimum Gasteiger partial charge on any atom is -0.218 e. The normalized spacial score (nSPS) is 12.6. The Kier molecular flexibility index (Phi) is 4.28. The number of rotatable bonds is 2. The molecule has 2 heterocycles. The summed E-state index contributed by atoms with van der Waals surface area (Å²) < 4.78 is 77.5. The van der Waals surface area contributed by atoms with Crippen molar-refractivity contribution in [1.29, 1.82) is 0 Å². The Morgan fingerprint density at radius 3 is 2.16 bits per heavy atom. The van der Waals surface area contributed by atoms with Gasteiger partial charge < -0.3 is 0 Å². The SMILES string of the molecule is FC(F)(F)c1cc(C(F)(F)F)n(-c2nc(-c3ccc(Cl)cc3)cs2)n1. The molecule has 0 N–H and O–H groups in total. The standard InChI is InChI=1S/C14H6ClF6N3S/c15-8-3-1-7(2-4-8)9-6-25-12(22-9)24-11(14(19,20)21)5-10(23-24)13(16,17)18/h1-6H. The Bertz CT molecular complexity index is 895. The van der Waals surface area contributed by atoms with Gasteiger partial charge in [0.25, 0.3) is 0 Å². The fraction of sp³-hybridized carbons (Fsp3) is 0.143. The fourth-order valence-corrected chi connectivity index (χ4v) is 2.90. The summed E-state index contributed by atoms with van der Waals surface area (Å²) in [7, 11) is 0. The van der Waals surface area contributed by atoms with Crippen molar-refractivity contribution in [3.63, 3.8) is 0 Å². The van der Waals surface area contributed by atoms with Crippen molar-refractivity contribution in [3.8, 4) is 16.4 Å². The lowest BCUT2D eigenvalue weighted by Gasteiger charge is -2.07. The number of hydrogen-bond acceptors (Lipinski definition) is 3. The summed E-state index contributed by atoms with van der Waals surface area (Å²) >= 11 is 6.50. The molecule has 0 aliphatic heterocycles. The van der Waals surface area contributed by atoms with E-state index in [0.717, 1.165) is 11.3 Å². The van der Waals surface area contributed by atoms with Gasteiger partial charge in [0.2, 0.25) is 5.13 Å². The number of nitrogens with zero attached hydrogens (tertiary/aromatic N) is 3. The zero-order valence-electron chi connectivity index (χ0n) is 11.9. The summed E-state index contributed by atoms with van der Waals surface area (Å²) in [5.74, 6) is 0. The largest absolute Gasteiger partial charge is 0.435 e. The number of benzene rings is 1. The van der Waals surface area contributed by atoms with Gasteiger partial charge in [0.05, 0.1) is 5.69 Å². The Morgan fingerprint density at radius 2 is 1.60 bits per heavy atom. The minimum atomic E-state index is -5.01. The molecule has 3 nitrogen and oxygen atoms in total. The van der Waals surface area contributed by atoms with Gasteiger partial charge in [-0.2, -0.15) is 31.4 Å². The number of hydrogen-bond donors (Lipinski definition) is 0. The van der Waals surface area contributed by atoms with E-state index in [0.29, 0.717) is 16.3 Å². The molecule has 0 atom stereocenters. The van der Waals surface area contributed by atoms with Crippen LogP contribution in [0.25, 0.3) is 16.4 Å². The predicted molar refractivity (Wildman–Crippen MR) is 79.7 cm³/mol. The van der Waals surface area contributed by atoms with E-state index in [9.17, 15) is 26.3 Å². The predicted octanol–water partition coefficient (Wildman–Crippen LogP) is 5.69. The lowest BCUT2D eigenvalue weighted by molar-refractivity contribution is -0.143. The smallest absolute Gasteiger partial charge is 0.218 e. The van der Waals surface area contributed by atoms with Crippen LogP contribution in [-0.2, 0) is 12.4 Å². The molecule has 3 aromatic rings. The fourth-order valence-electron chi connectivity index (χ4n) is 1.98. The maximum absolute atomic E-state index is 13.0. The van der Waals surface area contributed by atoms with Crippen LogP contribution < -0.4 is 0 Å². The summed E-state index contributed by atoms with van der Waals surface area (Å²) in [6, 6.07) is 6.27. The first-order valence-corrected chi connectivity index (χ1v) is 7.78. The van der Waals surface area contributed by atoms with Gasteiger partial charge in [-0.15, -0.1) is 11.3 Å². The Hall–Kier alpha value is -2.07. The minimum absolute atomic E-state index is 0.0383. The third-order valence-corrected chi connectivity index (χ3v) is 4.17. The van der Waals surface area contributed by atoms with E-state index in [1.807, 2.05) is 0 Å². The molecule has 11 heteroatoms. The summed E-state index contributed by atoms with van der Waals surface area (Å²) in [5, 5.41) is 4.59. The van der Waals surface area contributed by atoms with Crippen LogP contribution in [0.15, 0.2) is 35.7 Å². The van der Waals surface area contributed by atoms with Gasteiger partial charge in [0, 0.05) is 22.0 Å². The third kappa shape index (κ3) is 3.64. The zero-order valence-corrected chi connectivity index (χ0v) is 13.4. The van der Waals surface area contributed by atoms with Crippen molar-refractivity contribution >= 4 is 22.9 Å². The molecule has 0 fully saturated rings. The van der Waals surface area contributed by atoms with Crippen LogP contribution in [0.4, 0.5) is 26.3 Å². The zero-order chi connectivity index (χ0) is 18.4. The van der Waals surface area contributed by atoms with Crippen LogP contribution >= 0.6 is 22.9 Å². The molecular weight excluding hydrogens is 392 g/mol. The number of thiazole rings is 1. The van der Waals surface area contributed by atoms with Crippen molar-refractivity contribution in [2.45, 2.75) is 12.4 Å². The lowest BCUT2D eigenvalue weighted by Crippen LogP contribution is -2.13. The highest BCUT2D eigenvalue weighted by Gasteiger charge is 2.42. The van der Waals surface area contributed by atoms with E-state index >= 15 is 0 Å². The molecule has 0 radical (unpaired) electrons. The summed E-state index contributed by atoms with van der Waals surface area (Å²) in [4.78, 5) is 3.96. The summed E-state index contributed by atoms with van der Waals surface area (Å²) in [6.07, 6.45) is -10.0. The van der Waals surface area contributed by atoms with Crippen LogP contribution in [0.5, 0.6) is 0 Å². The highest BCUT2D eigenvalue weighted by atomic mass is 35.5. The first-order chi connectivity index (χ1) is 11.6. The van der Waals surface area contributed by atoms with Gasteiger partial charge in [-0.05, 0) is 12.1 Å². The lowest BCUT2D eigenvalue weighted by atomic mass is 10.2. The maximum atomic E-state index is 13.0. The van der Waals surface area contributed by atoms with E-state index in [1.54, 1.807) is 24.3 Å². The molecule has 0 unspecified atom stereocenters. The molecule has 132 valence electrons. The first kappa shape index (κ1) is 17.7. The van der Waals surface area contributed by atoms with Crippen molar-refractivity contribution in [2.24, 2.45) is 0 Å². The molecular formula is C14H6ClF6N3S. The molecule has 2 aromatic heterocycles. The van der Waals surface area contributed by atoms with Crippen molar-refractivity contribution in [1.82, 2.24) is 14.8 Å². The molecule has 1 aromatic carbocycles. The van der Waals surface area contributed by atoms with Crippen LogP contribution in [0, 0.1) is 0 Å². The Labute approximate surface area is 145 Å². The van der Waals surface area contributed by atoms with Gasteiger partial charge in [0.15, 0.2) is 11.4 Å². The van der Waals surface area contributed by atoms with Crippen LogP contribution in [0.2, 0.25) is 5.02 Å². The van der Waals surface area contributed by atoms with Gasteiger partial charge in [-0.3, -0.25) is 0 Å². The van der Waals surface area contributed by atoms with E-state index in [-0.39, 0.29) is 15.9 Å². The molecule has 0 bridgehead atoms. The van der Waals surface area contributed by atoms with Crippen molar-refractivity contribution in [3.05, 3.63) is 52.1 Å². The quantitative estimate of drug-likeness (QED) is 0.520. The number of halogens is 7. The van der Waals surface area contributed by atoms with Crippen molar-refractivity contribution in [2.75, 3.05) is 0 Å². The average molecular weight is 398 g/mol. The highest BCUT2D eigenvalue weighted by Crippen LogP contribution is 2.37. The Morgan fingerprint density at radius 1 is 0.960 bits per heavy atom. The van der Waals surface area contributed by atoms with E-state index < -0.39 is 23.7 Å². The van der Waals surface area contributed by atoms with E-state index in [1.165, 1.54) is 5.38 Å². The maximum Gasteiger partial charge on any atom is 0.435 e. The van der Waals surface area contributed by atoms with Gasteiger partial charge in [-0.1, -0.05) is 23.7 Å². The van der Waals surface area contributed by atoms with E-state index in [4.69, 9.17) is 11.6 Å². The van der Waals surface area contributed by atoms with Crippen LogP contribution in [-0.4, -0.2) is 14.8 Å². The van der Waals surface area contributed by atoms with Gasteiger partial charge >= 0.3 is 12.4 Å². The molecule has 0 amide bonds. The molecule has 0 aliphatic rings. The molecule has 0 saturated heterocycles. The average Bonchev–Trinajstić information content (AvgIpc) is 3.13. The van der Waals surface area contributed by atoms with Gasteiger partial charge in [0.1, 0.15) is 0 Å². The number of aromatic nitrogens is 3. The monoisotopic (exact) mass is 397 g/mol. The number of alkyl halides is 6. The van der Waals surface area contributed by atoms with Gasteiger partial charge in [-0.25, -0.2) is 9.67 Å². The van der Waals surface area contributed by atoms with Crippen molar-refractivity contribution < 1.29 is 26.3 Å². The second-order valence-corrected chi connectivity index (χ2v) is 6.12. The summed E-state index contributed by atoms with van der Waals surface area (Å²) in [6.45, 7) is 0. The topological polar surface area (TPSA) is 30.7 Å². The molecule has 0 aliphatic carbocycles. The second kappa shape index (κ2) is 6.03. The first-order valence-electron chi connectivity index (χ1n) is 6.52. The molecule has 25 heavy (non-hydrogen) atoms. The summed E-state index contributed by atoms with van der Waals surface area (Å²) in [5.41, 5.74) is -2.32. The third-order valence-electron chi connectivity index (χ3n) is 3.10. The highest BCUT2D eigenvalue weighted by molar-refractivity contribution is 7.12. The van der Waals surface area contributed by atoms with Crippen LogP contribution in [0.1, 0.15) is 11.4 Å². The van der Waals surface area contributed by atoms with E-state index in [2.05, 4.69) is 10.1 Å². The Balaban J connectivity index is 2.07. The molecule has 0 saturated carbocycles. The molecule has 0 spiro atoms. The second-order valence-electron chi connectivity index (χ2n) is 4.84. The molecule has 3 rings (SSSR count).